The highest BCUT2D eigenvalue weighted by Gasteiger charge is 2.28. The fourth-order valence-corrected chi connectivity index (χ4v) is 3.11. The molecule has 3 rings (SSSR count). The molecule has 1 heterocycles. The van der Waals surface area contributed by atoms with Crippen LogP contribution in [0.25, 0.3) is 5.57 Å². The second kappa shape index (κ2) is 7.96. The number of fused-ring (bicyclic) bond motifs is 1. The van der Waals surface area contributed by atoms with Crippen molar-refractivity contribution >= 4 is 34.7 Å². The van der Waals surface area contributed by atoms with Crippen molar-refractivity contribution in [3.63, 3.8) is 0 Å². The lowest BCUT2D eigenvalue weighted by Gasteiger charge is -2.14. The molecule has 2 aromatic carbocycles. The SMILES string of the molecule is CCCC(Nc1ccc(C(=O)OC)cc1)=C1C(=O)Nc2cc(C(N)=O)ccc21. The van der Waals surface area contributed by atoms with E-state index in [0.717, 1.165) is 23.4 Å². The van der Waals surface area contributed by atoms with Gasteiger partial charge >= 0.3 is 5.97 Å². The second-order valence-corrected chi connectivity index (χ2v) is 6.38. The number of nitrogens with one attached hydrogen (secondary N) is 2. The predicted octanol–water partition coefficient (Wildman–Crippen LogP) is 3.15. The highest BCUT2D eigenvalue weighted by atomic mass is 16.5. The summed E-state index contributed by atoms with van der Waals surface area (Å²) in [6.07, 6.45) is 1.48. The minimum Gasteiger partial charge on any atom is -0.465 e. The highest BCUT2D eigenvalue weighted by Crippen LogP contribution is 2.36. The van der Waals surface area contributed by atoms with Crippen LogP contribution in [0.3, 0.4) is 0 Å². The van der Waals surface area contributed by atoms with Crippen LogP contribution >= 0.6 is 0 Å². The quantitative estimate of drug-likeness (QED) is 0.527. The number of amides is 2. The summed E-state index contributed by atoms with van der Waals surface area (Å²) < 4.78 is 4.70. The molecule has 0 fully saturated rings. The lowest BCUT2D eigenvalue weighted by atomic mass is 10.0. The molecular weight excluding hydrogens is 358 g/mol. The Bertz CT molecular complexity index is 978. The molecule has 0 spiro atoms. The minimum atomic E-state index is -0.549. The van der Waals surface area contributed by atoms with Crippen molar-refractivity contribution in [2.75, 3.05) is 17.7 Å². The first-order valence-corrected chi connectivity index (χ1v) is 8.88. The Hall–Kier alpha value is -3.61. The first-order valence-electron chi connectivity index (χ1n) is 8.88. The van der Waals surface area contributed by atoms with Gasteiger partial charge in [0.25, 0.3) is 5.91 Å². The maximum absolute atomic E-state index is 12.6. The highest BCUT2D eigenvalue weighted by molar-refractivity contribution is 6.32. The normalized spacial score (nSPS) is 14.1. The van der Waals surface area contributed by atoms with Crippen LogP contribution in [0.2, 0.25) is 0 Å². The molecule has 0 unspecified atom stereocenters. The van der Waals surface area contributed by atoms with Crippen molar-refractivity contribution < 1.29 is 19.1 Å². The van der Waals surface area contributed by atoms with Crippen LogP contribution < -0.4 is 16.4 Å². The number of methoxy groups -OCH3 is 1. The summed E-state index contributed by atoms with van der Waals surface area (Å²) in [6.45, 7) is 2.02. The Morgan fingerprint density at radius 1 is 1.11 bits per heavy atom. The largest absolute Gasteiger partial charge is 0.465 e. The van der Waals surface area contributed by atoms with E-state index >= 15 is 0 Å². The molecule has 2 amide bonds. The first kappa shape index (κ1) is 19.2. The van der Waals surface area contributed by atoms with E-state index in [1.54, 1.807) is 42.5 Å². The van der Waals surface area contributed by atoms with Crippen LogP contribution in [0.5, 0.6) is 0 Å². The van der Waals surface area contributed by atoms with E-state index in [9.17, 15) is 14.4 Å². The number of ether oxygens (including phenoxy) is 1. The lowest BCUT2D eigenvalue weighted by molar-refractivity contribution is -0.110. The molecule has 1 aliphatic heterocycles. The van der Waals surface area contributed by atoms with Crippen molar-refractivity contribution in [3.05, 3.63) is 64.9 Å². The molecule has 4 N–H and O–H groups in total. The number of benzene rings is 2. The topological polar surface area (TPSA) is 111 Å². The molecule has 0 saturated heterocycles. The third-order valence-electron chi connectivity index (χ3n) is 4.45. The van der Waals surface area contributed by atoms with E-state index in [1.165, 1.54) is 7.11 Å². The van der Waals surface area contributed by atoms with Gasteiger partial charge in [-0.25, -0.2) is 4.79 Å². The number of primary amides is 1. The van der Waals surface area contributed by atoms with Crippen LogP contribution in [0, 0.1) is 0 Å². The Kier molecular flexibility index (Phi) is 5.44. The maximum Gasteiger partial charge on any atom is 0.337 e. The maximum atomic E-state index is 12.6. The van der Waals surface area contributed by atoms with E-state index < -0.39 is 11.9 Å². The van der Waals surface area contributed by atoms with Crippen LogP contribution in [-0.2, 0) is 9.53 Å². The summed E-state index contributed by atoms with van der Waals surface area (Å²) in [4.78, 5) is 35.6. The molecule has 144 valence electrons. The average Bonchev–Trinajstić information content (AvgIpc) is 3.02. The molecule has 0 radical (unpaired) electrons. The molecular formula is C21H21N3O4. The van der Waals surface area contributed by atoms with Gasteiger partial charge in [-0.1, -0.05) is 19.4 Å². The molecule has 1 aliphatic rings. The molecule has 0 aliphatic carbocycles. The summed E-state index contributed by atoms with van der Waals surface area (Å²) in [6, 6.07) is 11.7. The van der Waals surface area contributed by atoms with Crippen LogP contribution in [-0.4, -0.2) is 24.9 Å². The van der Waals surface area contributed by atoms with E-state index in [2.05, 4.69) is 10.6 Å². The summed E-state index contributed by atoms with van der Waals surface area (Å²) >= 11 is 0. The van der Waals surface area contributed by atoms with Crippen molar-refractivity contribution in [3.8, 4) is 0 Å². The van der Waals surface area contributed by atoms with Crippen molar-refractivity contribution in [2.24, 2.45) is 5.73 Å². The first-order chi connectivity index (χ1) is 13.4. The smallest absolute Gasteiger partial charge is 0.337 e. The Morgan fingerprint density at radius 3 is 2.39 bits per heavy atom. The Morgan fingerprint density at radius 2 is 1.79 bits per heavy atom. The van der Waals surface area contributed by atoms with Gasteiger partial charge in [0.05, 0.1) is 18.2 Å². The summed E-state index contributed by atoms with van der Waals surface area (Å²) in [5.41, 5.74) is 9.43. The number of anilines is 2. The fraction of sp³-hybridized carbons (Fsp3) is 0.190. The summed E-state index contributed by atoms with van der Waals surface area (Å²) in [5.74, 6) is -1.20. The summed E-state index contributed by atoms with van der Waals surface area (Å²) in [7, 11) is 1.33. The molecule has 0 saturated carbocycles. The number of nitrogens with two attached hydrogens (primary N) is 1. The van der Waals surface area contributed by atoms with Gasteiger partial charge in [-0.2, -0.15) is 0 Å². The van der Waals surface area contributed by atoms with Crippen LogP contribution in [0.4, 0.5) is 11.4 Å². The van der Waals surface area contributed by atoms with Crippen molar-refractivity contribution in [1.82, 2.24) is 0 Å². The molecule has 7 heteroatoms. The van der Waals surface area contributed by atoms with Crippen molar-refractivity contribution in [2.45, 2.75) is 19.8 Å². The van der Waals surface area contributed by atoms with E-state index in [0.29, 0.717) is 28.8 Å². The number of hydrogen-bond acceptors (Lipinski definition) is 5. The lowest BCUT2D eigenvalue weighted by Crippen LogP contribution is -2.11. The van der Waals surface area contributed by atoms with Gasteiger partial charge in [0, 0.05) is 28.2 Å². The zero-order valence-corrected chi connectivity index (χ0v) is 15.7. The molecule has 28 heavy (non-hydrogen) atoms. The minimum absolute atomic E-state index is 0.237. The zero-order valence-electron chi connectivity index (χ0n) is 15.7. The van der Waals surface area contributed by atoms with Gasteiger partial charge in [-0.15, -0.1) is 0 Å². The summed E-state index contributed by atoms with van der Waals surface area (Å²) in [5, 5.41) is 6.08. The van der Waals surface area contributed by atoms with Gasteiger partial charge in [0.1, 0.15) is 0 Å². The van der Waals surface area contributed by atoms with Gasteiger partial charge in [0.2, 0.25) is 5.91 Å². The molecule has 0 bridgehead atoms. The van der Waals surface area contributed by atoms with Gasteiger partial charge < -0.3 is 21.1 Å². The van der Waals surface area contributed by atoms with Gasteiger partial charge in [0.15, 0.2) is 0 Å². The second-order valence-electron chi connectivity index (χ2n) is 6.38. The third kappa shape index (κ3) is 3.73. The molecule has 0 aromatic heterocycles. The standard InChI is InChI=1S/C21H21N3O4/c1-3-4-16(23-14-8-5-12(6-9-14)21(27)28-2)18-15-10-7-13(19(22)25)11-17(15)24-20(18)26/h5-11,23H,3-4H2,1-2H3,(H2,22,25)(H,24,26). The number of carbonyl (C=O) groups excluding carboxylic acids is 3. The molecule has 7 nitrogen and oxygen atoms in total. The number of rotatable bonds is 6. The Labute approximate surface area is 162 Å². The number of allylic oxidation sites excluding steroid dienone is 1. The monoisotopic (exact) mass is 379 g/mol. The van der Waals surface area contributed by atoms with E-state index in [1.807, 2.05) is 6.92 Å². The third-order valence-corrected chi connectivity index (χ3v) is 4.45. The van der Waals surface area contributed by atoms with Gasteiger partial charge in [-0.05, 0) is 42.8 Å². The Balaban J connectivity index is 1.97. The van der Waals surface area contributed by atoms with Crippen LogP contribution in [0.15, 0.2) is 48.2 Å². The van der Waals surface area contributed by atoms with Gasteiger partial charge in [-0.3, -0.25) is 9.59 Å². The average molecular weight is 379 g/mol. The van der Waals surface area contributed by atoms with Crippen molar-refractivity contribution in [1.29, 1.82) is 0 Å². The number of esters is 1. The van der Waals surface area contributed by atoms with Crippen LogP contribution in [0.1, 0.15) is 46.0 Å². The zero-order chi connectivity index (χ0) is 20.3. The number of hydrogen-bond donors (Lipinski definition) is 3. The fourth-order valence-electron chi connectivity index (χ4n) is 3.11. The molecule has 0 atom stereocenters. The van der Waals surface area contributed by atoms with E-state index in [-0.39, 0.29) is 5.91 Å². The molecule has 2 aromatic rings. The van der Waals surface area contributed by atoms with E-state index in [4.69, 9.17) is 10.5 Å². The number of carbonyl (C=O) groups is 3. The predicted molar refractivity (Wildman–Crippen MR) is 107 cm³/mol.